The van der Waals surface area contributed by atoms with Crippen LogP contribution in [0.25, 0.3) is 0 Å². The smallest absolute Gasteiger partial charge is 0.0934 e. The van der Waals surface area contributed by atoms with Crippen LogP contribution >= 0.6 is 22.9 Å². The predicted molar refractivity (Wildman–Crippen MR) is 69.3 cm³/mol. The van der Waals surface area contributed by atoms with Gasteiger partial charge in [0.15, 0.2) is 0 Å². The van der Waals surface area contributed by atoms with Gasteiger partial charge in [0.2, 0.25) is 0 Å². The van der Waals surface area contributed by atoms with Gasteiger partial charge in [0.25, 0.3) is 0 Å². The third kappa shape index (κ3) is 2.59. The Morgan fingerprint density at radius 2 is 2.38 bits per heavy atom. The minimum absolute atomic E-state index is 0.0530. The highest BCUT2D eigenvalue weighted by atomic mass is 35.5. The molecule has 1 aromatic rings. The van der Waals surface area contributed by atoms with Crippen molar-refractivity contribution in [2.75, 3.05) is 13.2 Å². The van der Waals surface area contributed by atoms with E-state index in [4.69, 9.17) is 11.6 Å². The van der Waals surface area contributed by atoms with Gasteiger partial charge in [-0.3, -0.25) is 0 Å². The van der Waals surface area contributed by atoms with Crippen molar-refractivity contribution in [1.82, 2.24) is 5.32 Å². The lowest BCUT2D eigenvalue weighted by atomic mass is 9.94. The number of fused-ring (bicyclic) bond motifs is 1. The molecule has 2 nitrogen and oxygen atoms in total. The lowest BCUT2D eigenvalue weighted by Gasteiger charge is -2.24. The highest BCUT2D eigenvalue weighted by Gasteiger charge is 2.26. The fourth-order valence-corrected chi connectivity index (χ4v) is 3.35. The van der Waals surface area contributed by atoms with Crippen LogP contribution in [0, 0.1) is 5.41 Å². The molecular weight excluding hydrogens is 242 g/mol. The first-order valence-corrected chi connectivity index (χ1v) is 6.84. The summed E-state index contributed by atoms with van der Waals surface area (Å²) in [4.78, 5) is 1.42. The molecule has 0 bridgehead atoms. The van der Waals surface area contributed by atoms with Gasteiger partial charge < -0.3 is 10.4 Å². The molecule has 0 fully saturated rings. The van der Waals surface area contributed by atoms with Crippen LogP contribution < -0.4 is 5.32 Å². The highest BCUT2D eigenvalue weighted by molar-refractivity contribution is 7.16. The molecule has 16 heavy (non-hydrogen) atoms. The molecule has 1 aliphatic rings. The average Bonchev–Trinajstić information content (AvgIpc) is 2.74. The van der Waals surface area contributed by atoms with Crippen molar-refractivity contribution in [3.63, 3.8) is 0 Å². The van der Waals surface area contributed by atoms with Gasteiger partial charge in [-0.05, 0) is 24.5 Å². The van der Waals surface area contributed by atoms with Crippen LogP contribution in [0.2, 0.25) is 4.34 Å². The summed E-state index contributed by atoms with van der Waals surface area (Å²) in [5, 5.41) is 12.7. The van der Waals surface area contributed by atoms with E-state index >= 15 is 0 Å². The molecule has 0 spiro atoms. The fraction of sp³-hybridized carbons (Fsp3) is 0.667. The minimum Gasteiger partial charge on any atom is -0.396 e. The van der Waals surface area contributed by atoms with Crippen LogP contribution in [-0.2, 0) is 6.42 Å². The number of aliphatic hydroxyl groups excluding tert-OH is 1. The summed E-state index contributed by atoms with van der Waals surface area (Å²) in [5.74, 6) is 0. The van der Waals surface area contributed by atoms with Crippen LogP contribution in [-0.4, -0.2) is 18.3 Å². The lowest BCUT2D eigenvalue weighted by Crippen LogP contribution is -2.33. The molecule has 0 aliphatic heterocycles. The molecule has 0 aromatic carbocycles. The Labute approximate surface area is 106 Å². The third-order valence-corrected chi connectivity index (χ3v) is 4.44. The first kappa shape index (κ1) is 12.4. The molecule has 2 rings (SSSR count). The monoisotopic (exact) mass is 259 g/mol. The van der Waals surface area contributed by atoms with E-state index in [2.05, 4.69) is 25.2 Å². The van der Waals surface area contributed by atoms with Crippen LogP contribution in [0.5, 0.6) is 0 Å². The van der Waals surface area contributed by atoms with Gasteiger partial charge in [0.05, 0.1) is 4.34 Å². The predicted octanol–water partition coefficient (Wildman–Crippen LogP) is 3.00. The van der Waals surface area contributed by atoms with Gasteiger partial charge in [-0.2, -0.15) is 0 Å². The Bertz CT molecular complexity index is 375. The Balaban J connectivity index is 1.98. The van der Waals surface area contributed by atoms with Crippen LogP contribution in [0.1, 0.15) is 36.8 Å². The van der Waals surface area contributed by atoms with Gasteiger partial charge >= 0.3 is 0 Å². The molecule has 0 amide bonds. The topological polar surface area (TPSA) is 32.3 Å². The van der Waals surface area contributed by atoms with Crippen molar-refractivity contribution in [1.29, 1.82) is 0 Å². The normalized spacial score (nSPS) is 20.1. The molecule has 1 aromatic heterocycles. The summed E-state index contributed by atoms with van der Waals surface area (Å²) in [6, 6.07) is 2.50. The van der Waals surface area contributed by atoms with E-state index in [1.54, 1.807) is 11.3 Å². The molecule has 0 saturated carbocycles. The van der Waals surface area contributed by atoms with Gasteiger partial charge in [0, 0.05) is 29.5 Å². The molecule has 90 valence electrons. The highest BCUT2D eigenvalue weighted by Crippen LogP contribution is 2.39. The van der Waals surface area contributed by atoms with Gasteiger partial charge in [-0.25, -0.2) is 0 Å². The van der Waals surface area contributed by atoms with Crippen molar-refractivity contribution in [2.24, 2.45) is 5.41 Å². The van der Waals surface area contributed by atoms with Crippen molar-refractivity contribution < 1.29 is 5.11 Å². The fourth-order valence-electron chi connectivity index (χ4n) is 2.00. The maximum atomic E-state index is 9.21. The zero-order valence-electron chi connectivity index (χ0n) is 9.72. The number of aliphatic hydroxyl groups is 1. The third-order valence-electron chi connectivity index (χ3n) is 3.10. The van der Waals surface area contributed by atoms with E-state index < -0.39 is 0 Å². The van der Waals surface area contributed by atoms with E-state index in [1.807, 2.05) is 0 Å². The Morgan fingerprint density at radius 3 is 3.06 bits per heavy atom. The molecule has 2 N–H and O–H groups in total. The Hall–Kier alpha value is -0.0900. The molecule has 1 unspecified atom stereocenters. The molecule has 4 heteroatoms. The van der Waals surface area contributed by atoms with E-state index in [0.717, 1.165) is 23.7 Å². The Kier molecular flexibility index (Phi) is 3.59. The standard InChI is InChI=1S/C12H18ClNOS/c1-12(2,7-15)6-14-9-3-4-10-8(9)5-11(13)16-10/h5,9,14-15H,3-4,6-7H2,1-2H3. The summed E-state index contributed by atoms with van der Waals surface area (Å²) in [7, 11) is 0. The summed E-state index contributed by atoms with van der Waals surface area (Å²) in [6.45, 7) is 5.18. The molecular formula is C12H18ClNOS. The second kappa shape index (κ2) is 4.65. The SMILES string of the molecule is CC(C)(CO)CNC1CCc2sc(Cl)cc21. The zero-order chi connectivity index (χ0) is 11.8. The first-order valence-electron chi connectivity index (χ1n) is 5.64. The second-order valence-corrected chi connectivity index (χ2v) is 6.99. The van der Waals surface area contributed by atoms with Crippen LogP contribution in [0.4, 0.5) is 0 Å². The number of hydrogen-bond donors (Lipinski definition) is 2. The second-order valence-electron chi connectivity index (χ2n) is 5.22. The quantitative estimate of drug-likeness (QED) is 0.871. The molecule has 1 atom stereocenters. The number of aryl methyl sites for hydroxylation is 1. The number of rotatable bonds is 4. The largest absolute Gasteiger partial charge is 0.396 e. The maximum absolute atomic E-state index is 9.21. The van der Waals surface area contributed by atoms with E-state index in [1.165, 1.54) is 10.4 Å². The maximum Gasteiger partial charge on any atom is 0.0934 e. The van der Waals surface area contributed by atoms with Crippen LogP contribution in [0.3, 0.4) is 0 Å². The molecule has 0 radical (unpaired) electrons. The number of nitrogens with one attached hydrogen (secondary N) is 1. The summed E-state index contributed by atoms with van der Waals surface area (Å²) >= 11 is 7.71. The molecule has 1 aliphatic carbocycles. The van der Waals surface area contributed by atoms with Gasteiger partial charge in [-0.1, -0.05) is 25.4 Å². The molecule has 0 saturated heterocycles. The van der Waals surface area contributed by atoms with E-state index in [0.29, 0.717) is 6.04 Å². The lowest BCUT2D eigenvalue weighted by molar-refractivity contribution is 0.153. The van der Waals surface area contributed by atoms with Crippen LogP contribution in [0.15, 0.2) is 6.07 Å². The number of thiophene rings is 1. The summed E-state index contributed by atoms with van der Waals surface area (Å²) in [5.41, 5.74) is 1.31. The summed E-state index contributed by atoms with van der Waals surface area (Å²) < 4.78 is 0.887. The average molecular weight is 260 g/mol. The molecule has 1 heterocycles. The number of halogens is 1. The summed E-state index contributed by atoms with van der Waals surface area (Å²) in [6.07, 6.45) is 2.28. The number of hydrogen-bond acceptors (Lipinski definition) is 3. The van der Waals surface area contributed by atoms with Crippen molar-refractivity contribution in [2.45, 2.75) is 32.7 Å². The van der Waals surface area contributed by atoms with Crippen molar-refractivity contribution in [3.05, 3.63) is 20.8 Å². The minimum atomic E-state index is -0.0530. The first-order chi connectivity index (χ1) is 7.52. The van der Waals surface area contributed by atoms with Gasteiger partial charge in [0.1, 0.15) is 0 Å². The Morgan fingerprint density at radius 1 is 1.62 bits per heavy atom. The van der Waals surface area contributed by atoms with Crippen molar-refractivity contribution in [3.8, 4) is 0 Å². The zero-order valence-corrected chi connectivity index (χ0v) is 11.3. The van der Waals surface area contributed by atoms with E-state index in [9.17, 15) is 5.11 Å². The van der Waals surface area contributed by atoms with Gasteiger partial charge in [-0.15, -0.1) is 11.3 Å². The van der Waals surface area contributed by atoms with Crippen molar-refractivity contribution >= 4 is 22.9 Å². The van der Waals surface area contributed by atoms with E-state index in [-0.39, 0.29) is 12.0 Å².